The Hall–Kier alpha value is -2.20. The Labute approximate surface area is 112 Å². The Morgan fingerprint density at radius 3 is 2.47 bits per heavy atom. The molecule has 19 heavy (non-hydrogen) atoms. The number of rotatable bonds is 3. The van der Waals surface area contributed by atoms with Crippen molar-refractivity contribution in [2.45, 2.75) is 19.9 Å². The predicted molar refractivity (Wildman–Crippen MR) is 75.7 cm³/mol. The molecule has 0 saturated heterocycles. The van der Waals surface area contributed by atoms with Gasteiger partial charge < -0.3 is 11.1 Å². The molecular weight excluding hydrogens is 238 g/mol. The van der Waals surface area contributed by atoms with Crippen molar-refractivity contribution < 1.29 is 4.79 Å². The lowest BCUT2D eigenvalue weighted by molar-refractivity contribution is -0.117. The fourth-order valence-electron chi connectivity index (χ4n) is 1.77. The van der Waals surface area contributed by atoms with E-state index in [1.165, 1.54) is 0 Å². The van der Waals surface area contributed by atoms with Crippen molar-refractivity contribution in [2.24, 2.45) is 5.73 Å². The lowest BCUT2D eigenvalue weighted by Crippen LogP contribution is -2.27. The Bertz CT molecular complexity index is 578. The second kappa shape index (κ2) is 5.63. The summed E-state index contributed by atoms with van der Waals surface area (Å²) >= 11 is 0. The van der Waals surface area contributed by atoms with Crippen LogP contribution in [0, 0.1) is 13.8 Å². The van der Waals surface area contributed by atoms with Crippen molar-refractivity contribution >= 4 is 11.6 Å². The van der Waals surface area contributed by atoms with E-state index in [-0.39, 0.29) is 5.91 Å². The van der Waals surface area contributed by atoms with Gasteiger partial charge in [0.25, 0.3) is 0 Å². The van der Waals surface area contributed by atoms with E-state index in [4.69, 9.17) is 5.73 Å². The Balaban J connectivity index is 2.09. The molecule has 1 atom stereocenters. The largest absolute Gasteiger partial charge is 0.323 e. The molecule has 1 aromatic carbocycles. The molecule has 1 aromatic heterocycles. The number of carbonyl (C=O) groups is 1. The predicted octanol–water partition coefficient (Wildman–Crippen LogP) is 2.34. The van der Waals surface area contributed by atoms with Crippen molar-refractivity contribution in [1.82, 2.24) is 4.98 Å². The van der Waals surface area contributed by atoms with Gasteiger partial charge in [0.2, 0.25) is 5.91 Å². The van der Waals surface area contributed by atoms with Gasteiger partial charge in [-0.3, -0.25) is 9.78 Å². The smallest absolute Gasteiger partial charge is 0.245 e. The minimum Gasteiger partial charge on any atom is -0.323 e. The van der Waals surface area contributed by atoms with Gasteiger partial charge in [0.1, 0.15) is 6.04 Å². The number of pyridine rings is 1. The highest BCUT2D eigenvalue weighted by molar-refractivity contribution is 5.95. The average Bonchev–Trinajstić information content (AvgIpc) is 2.39. The van der Waals surface area contributed by atoms with Crippen LogP contribution in [-0.2, 0) is 4.79 Å². The molecule has 0 saturated carbocycles. The molecule has 0 fully saturated rings. The topological polar surface area (TPSA) is 68.0 Å². The van der Waals surface area contributed by atoms with Crippen LogP contribution in [0.25, 0.3) is 0 Å². The van der Waals surface area contributed by atoms with Gasteiger partial charge in [-0.15, -0.1) is 0 Å². The molecular formula is C15H17N3O. The number of carbonyl (C=O) groups excluding carboxylic acids is 1. The normalized spacial score (nSPS) is 11.9. The van der Waals surface area contributed by atoms with Crippen molar-refractivity contribution in [1.29, 1.82) is 0 Å². The summed E-state index contributed by atoms with van der Waals surface area (Å²) in [5.74, 6) is -0.240. The highest BCUT2D eigenvalue weighted by Crippen LogP contribution is 2.14. The van der Waals surface area contributed by atoms with Crippen LogP contribution in [0.2, 0.25) is 0 Å². The number of nitrogens with two attached hydrogens (primary N) is 1. The summed E-state index contributed by atoms with van der Waals surface area (Å²) < 4.78 is 0. The molecule has 2 rings (SSSR count). The summed E-state index contributed by atoms with van der Waals surface area (Å²) in [4.78, 5) is 16.1. The molecule has 1 unspecified atom stereocenters. The number of amides is 1. The maximum absolute atomic E-state index is 12.0. The molecule has 0 aliphatic carbocycles. The fraction of sp³-hybridized carbons (Fsp3) is 0.200. The number of hydrogen-bond donors (Lipinski definition) is 2. The molecule has 4 heteroatoms. The minimum absolute atomic E-state index is 0.240. The summed E-state index contributed by atoms with van der Waals surface area (Å²) in [6.07, 6.45) is 3.34. The number of nitrogens with one attached hydrogen (secondary N) is 1. The third kappa shape index (κ3) is 3.39. The summed E-state index contributed by atoms with van der Waals surface area (Å²) in [6, 6.07) is 8.79. The third-order valence-electron chi connectivity index (χ3n) is 2.86. The first-order valence-corrected chi connectivity index (χ1v) is 6.11. The van der Waals surface area contributed by atoms with Crippen molar-refractivity contribution in [2.75, 3.05) is 5.32 Å². The summed E-state index contributed by atoms with van der Waals surface area (Å²) in [6.45, 7) is 3.91. The van der Waals surface area contributed by atoms with E-state index in [9.17, 15) is 4.79 Å². The minimum atomic E-state index is -0.680. The van der Waals surface area contributed by atoms with Crippen LogP contribution in [-0.4, -0.2) is 10.9 Å². The number of anilines is 1. The molecule has 98 valence electrons. The van der Waals surface area contributed by atoms with Gasteiger partial charge >= 0.3 is 0 Å². The first kappa shape index (κ1) is 13.2. The van der Waals surface area contributed by atoms with Gasteiger partial charge in [0, 0.05) is 6.20 Å². The molecule has 0 aliphatic rings. The zero-order chi connectivity index (χ0) is 13.8. The lowest BCUT2D eigenvalue weighted by Gasteiger charge is -2.13. The van der Waals surface area contributed by atoms with Crippen molar-refractivity contribution in [3.63, 3.8) is 0 Å². The number of nitrogens with zero attached hydrogens (tertiary/aromatic N) is 1. The van der Waals surface area contributed by atoms with Gasteiger partial charge in [-0.05, 0) is 31.0 Å². The molecule has 0 radical (unpaired) electrons. The molecule has 2 aromatic rings. The van der Waals surface area contributed by atoms with Crippen molar-refractivity contribution in [3.8, 4) is 0 Å². The van der Waals surface area contributed by atoms with Crippen molar-refractivity contribution in [3.05, 3.63) is 59.4 Å². The van der Waals surface area contributed by atoms with E-state index < -0.39 is 6.04 Å². The van der Waals surface area contributed by atoms with E-state index in [0.29, 0.717) is 5.69 Å². The second-order valence-electron chi connectivity index (χ2n) is 4.63. The van der Waals surface area contributed by atoms with Gasteiger partial charge in [0.05, 0.1) is 11.9 Å². The standard InChI is InChI=1S/C15H17N3O/c1-10-3-5-12(6-4-10)14(16)15(19)18-13-7-11(2)8-17-9-13/h3-9,14H,16H2,1-2H3,(H,18,19). The van der Waals surface area contributed by atoms with Crippen LogP contribution in [0.4, 0.5) is 5.69 Å². The van der Waals surface area contributed by atoms with Crippen LogP contribution in [0.15, 0.2) is 42.7 Å². The Morgan fingerprint density at radius 1 is 1.16 bits per heavy atom. The van der Waals surface area contributed by atoms with E-state index >= 15 is 0 Å². The average molecular weight is 255 g/mol. The maximum atomic E-state index is 12.0. The zero-order valence-electron chi connectivity index (χ0n) is 11.1. The van der Waals surface area contributed by atoms with Gasteiger partial charge in [-0.1, -0.05) is 29.8 Å². The third-order valence-corrected chi connectivity index (χ3v) is 2.86. The number of hydrogen-bond acceptors (Lipinski definition) is 3. The van der Waals surface area contributed by atoms with Gasteiger partial charge in [-0.2, -0.15) is 0 Å². The van der Waals surface area contributed by atoms with E-state index in [1.807, 2.05) is 44.2 Å². The Morgan fingerprint density at radius 2 is 1.84 bits per heavy atom. The molecule has 4 nitrogen and oxygen atoms in total. The maximum Gasteiger partial charge on any atom is 0.245 e. The first-order chi connectivity index (χ1) is 9.06. The Kier molecular flexibility index (Phi) is 3.92. The molecule has 1 amide bonds. The van der Waals surface area contributed by atoms with Gasteiger partial charge in [0.15, 0.2) is 0 Å². The number of benzene rings is 1. The van der Waals surface area contributed by atoms with E-state index in [1.54, 1.807) is 12.4 Å². The van der Waals surface area contributed by atoms with Crippen LogP contribution in [0.1, 0.15) is 22.7 Å². The monoisotopic (exact) mass is 255 g/mol. The zero-order valence-corrected chi connectivity index (χ0v) is 11.1. The summed E-state index contributed by atoms with van der Waals surface area (Å²) in [5, 5.41) is 2.77. The summed E-state index contributed by atoms with van der Waals surface area (Å²) in [5.41, 5.74) is 9.52. The summed E-state index contributed by atoms with van der Waals surface area (Å²) in [7, 11) is 0. The van der Waals surface area contributed by atoms with Crippen LogP contribution >= 0.6 is 0 Å². The van der Waals surface area contributed by atoms with Crippen LogP contribution in [0.3, 0.4) is 0 Å². The fourth-order valence-corrected chi connectivity index (χ4v) is 1.77. The number of aryl methyl sites for hydroxylation is 2. The molecule has 0 bridgehead atoms. The van der Waals surface area contributed by atoms with E-state index in [0.717, 1.165) is 16.7 Å². The number of aromatic nitrogens is 1. The van der Waals surface area contributed by atoms with Crippen LogP contribution in [0.5, 0.6) is 0 Å². The molecule has 3 N–H and O–H groups in total. The first-order valence-electron chi connectivity index (χ1n) is 6.11. The highest BCUT2D eigenvalue weighted by Gasteiger charge is 2.15. The highest BCUT2D eigenvalue weighted by atomic mass is 16.2. The quantitative estimate of drug-likeness (QED) is 0.884. The molecule has 1 heterocycles. The molecule has 0 spiro atoms. The SMILES string of the molecule is Cc1ccc(C(N)C(=O)Nc2cncc(C)c2)cc1. The second-order valence-corrected chi connectivity index (χ2v) is 4.63. The van der Waals surface area contributed by atoms with Gasteiger partial charge in [-0.25, -0.2) is 0 Å². The lowest BCUT2D eigenvalue weighted by atomic mass is 10.1. The van der Waals surface area contributed by atoms with Crippen LogP contribution < -0.4 is 11.1 Å². The van der Waals surface area contributed by atoms with E-state index in [2.05, 4.69) is 10.3 Å². The molecule has 0 aliphatic heterocycles.